The molecule has 3 aromatic carbocycles. The fourth-order valence-electron chi connectivity index (χ4n) is 5.49. The predicted molar refractivity (Wildman–Crippen MR) is 154 cm³/mol. The fourth-order valence-corrected chi connectivity index (χ4v) is 5.49. The quantitative estimate of drug-likeness (QED) is 0.321. The second kappa shape index (κ2) is 11.5. The molecule has 1 aromatic heterocycles. The zero-order chi connectivity index (χ0) is 27.5. The number of aliphatic hydroxyl groups is 1. The van der Waals surface area contributed by atoms with Crippen LogP contribution in [0.15, 0.2) is 66.9 Å². The van der Waals surface area contributed by atoms with E-state index in [-0.39, 0.29) is 11.5 Å². The minimum atomic E-state index is -0.426. The van der Waals surface area contributed by atoms with Crippen LogP contribution >= 0.6 is 0 Å². The van der Waals surface area contributed by atoms with Gasteiger partial charge >= 0.3 is 0 Å². The lowest BCUT2D eigenvalue weighted by Crippen LogP contribution is -2.39. The van der Waals surface area contributed by atoms with Gasteiger partial charge in [-0.05, 0) is 62.4 Å². The summed E-state index contributed by atoms with van der Waals surface area (Å²) in [5, 5.41) is 14.6. The van der Waals surface area contributed by atoms with Crippen molar-refractivity contribution in [3.05, 3.63) is 78.2 Å². The van der Waals surface area contributed by atoms with Crippen molar-refractivity contribution in [2.24, 2.45) is 0 Å². The van der Waals surface area contributed by atoms with Crippen LogP contribution in [0.3, 0.4) is 0 Å². The SMILES string of the molecule is O=C(Nc1ccc(Oc2ccnc(N3CCCC(O)C3)n2)c2ccccc12)c1cc(F)cc(N2CCCCC2)c1. The number of benzene rings is 3. The Labute approximate surface area is 232 Å². The molecule has 1 atom stereocenters. The van der Waals surface area contributed by atoms with Gasteiger partial charge in [-0.1, -0.05) is 24.3 Å². The summed E-state index contributed by atoms with van der Waals surface area (Å²) in [6, 6.07) is 17.4. The second-order valence-corrected chi connectivity index (χ2v) is 10.4. The second-order valence-electron chi connectivity index (χ2n) is 10.4. The highest BCUT2D eigenvalue weighted by Crippen LogP contribution is 2.35. The maximum absolute atomic E-state index is 14.5. The van der Waals surface area contributed by atoms with Crippen LogP contribution in [0, 0.1) is 5.82 Å². The number of hydrogen-bond acceptors (Lipinski definition) is 7. The van der Waals surface area contributed by atoms with Crippen LogP contribution in [-0.2, 0) is 0 Å². The lowest BCUT2D eigenvalue weighted by molar-refractivity contribution is 0.102. The number of β-amino-alcohol motifs (C(OH)–C–C–N with tert-alkyl or cyclic N) is 1. The molecule has 2 aliphatic heterocycles. The van der Waals surface area contributed by atoms with Gasteiger partial charge in [0.15, 0.2) is 0 Å². The van der Waals surface area contributed by atoms with Crippen LogP contribution in [0.4, 0.5) is 21.7 Å². The summed E-state index contributed by atoms with van der Waals surface area (Å²) in [5.41, 5.74) is 1.62. The highest BCUT2D eigenvalue weighted by Gasteiger charge is 2.21. The average molecular weight is 542 g/mol. The van der Waals surface area contributed by atoms with Crippen LogP contribution in [0.5, 0.6) is 11.6 Å². The van der Waals surface area contributed by atoms with Crippen LogP contribution in [0.2, 0.25) is 0 Å². The zero-order valence-electron chi connectivity index (χ0n) is 22.2. The maximum Gasteiger partial charge on any atom is 0.255 e. The molecule has 2 fully saturated rings. The number of ether oxygens (including phenoxy) is 1. The molecule has 2 saturated heterocycles. The number of amides is 1. The molecule has 2 aliphatic rings. The number of carbonyl (C=O) groups is 1. The van der Waals surface area contributed by atoms with Crippen molar-refractivity contribution >= 4 is 34.0 Å². The molecule has 2 N–H and O–H groups in total. The molecule has 6 rings (SSSR count). The van der Waals surface area contributed by atoms with Gasteiger partial charge in [-0.3, -0.25) is 4.79 Å². The Hall–Kier alpha value is -4.24. The average Bonchev–Trinajstić information content (AvgIpc) is 2.98. The molecule has 1 unspecified atom stereocenters. The smallest absolute Gasteiger partial charge is 0.255 e. The molecule has 206 valence electrons. The van der Waals surface area contributed by atoms with Crippen molar-refractivity contribution in [3.8, 4) is 11.6 Å². The van der Waals surface area contributed by atoms with Gasteiger partial charge in [0.25, 0.3) is 5.91 Å². The predicted octanol–water partition coefficient (Wildman–Crippen LogP) is 5.76. The van der Waals surface area contributed by atoms with E-state index in [1.54, 1.807) is 30.5 Å². The number of carbonyl (C=O) groups excluding carboxylic acids is 1. The molecule has 0 saturated carbocycles. The van der Waals surface area contributed by atoms with Gasteiger partial charge in [0.1, 0.15) is 11.6 Å². The lowest BCUT2D eigenvalue weighted by atomic mass is 10.1. The van der Waals surface area contributed by atoms with Crippen LogP contribution < -0.4 is 19.9 Å². The van der Waals surface area contributed by atoms with Crippen molar-refractivity contribution in [1.29, 1.82) is 0 Å². The number of halogens is 1. The van der Waals surface area contributed by atoms with E-state index in [4.69, 9.17) is 4.74 Å². The standard InChI is InChI=1S/C31H32FN5O3/c32-22-17-21(18-23(19-22)36-14-4-1-5-15-36)30(39)34-27-10-11-28(26-9-3-2-8-25(26)27)40-29-12-13-33-31(35-29)37-16-6-7-24(38)20-37/h2-3,8-13,17-19,24,38H,1,4-7,14-16,20H2,(H,34,39). The number of anilines is 3. The Morgan fingerprint density at radius 3 is 2.58 bits per heavy atom. The third-order valence-electron chi connectivity index (χ3n) is 7.51. The zero-order valence-corrected chi connectivity index (χ0v) is 22.2. The monoisotopic (exact) mass is 541 g/mol. The van der Waals surface area contributed by atoms with Gasteiger partial charge in [-0.2, -0.15) is 4.98 Å². The van der Waals surface area contributed by atoms with Gasteiger partial charge in [-0.25, -0.2) is 9.37 Å². The summed E-state index contributed by atoms with van der Waals surface area (Å²) in [7, 11) is 0. The number of aliphatic hydroxyl groups excluding tert-OH is 1. The molecule has 4 aromatic rings. The summed E-state index contributed by atoms with van der Waals surface area (Å²) in [4.78, 5) is 26.3. The number of fused-ring (bicyclic) bond motifs is 1. The Kier molecular flexibility index (Phi) is 7.46. The van der Waals surface area contributed by atoms with Gasteiger partial charge in [0, 0.05) is 66.2 Å². The molecule has 8 nitrogen and oxygen atoms in total. The Bertz CT molecular complexity index is 1520. The summed E-state index contributed by atoms with van der Waals surface area (Å²) in [5.74, 6) is 0.682. The highest BCUT2D eigenvalue weighted by atomic mass is 19.1. The Morgan fingerprint density at radius 1 is 0.950 bits per heavy atom. The normalized spacial score (nSPS) is 17.6. The summed E-state index contributed by atoms with van der Waals surface area (Å²) in [6.45, 7) is 3.00. The Balaban J connectivity index is 1.24. The van der Waals surface area contributed by atoms with Gasteiger partial charge in [0.2, 0.25) is 11.8 Å². The summed E-state index contributed by atoms with van der Waals surface area (Å²) in [6.07, 6.45) is 6.21. The van der Waals surface area contributed by atoms with E-state index in [0.717, 1.165) is 61.8 Å². The maximum atomic E-state index is 14.5. The van der Waals surface area contributed by atoms with Gasteiger partial charge in [0.05, 0.1) is 6.10 Å². The molecule has 40 heavy (non-hydrogen) atoms. The lowest BCUT2D eigenvalue weighted by Gasteiger charge is -2.30. The number of nitrogens with zero attached hydrogens (tertiary/aromatic N) is 4. The number of hydrogen-bond donors (Lipinski definition) is 2. The summed E-state index contributed by atoms with van der Waals surface area (Å²) >= 11 is 0. The highest BCUT2D eigenvalue weighted by molar-refractivity contribution is 6.10. The number of piperidine rings is 2. The van der Waals surface area contributed by atoms with E-state index in [1.165, 1.54) is 18.6 Å². The number of aromatic nitrogens is 2. The third kappa shape index (κ3) is 5.70. The molecule has 1 amide bonds. The Morgan fingerprint density at radius 2 is 1.75 bits per heavy atom. The van der Waals surface area contributed by atoms with Gasteiger partial charge in [-0.15, -0.1) is 0 Å². The molecule has 0 spiro atoms. The van der Waals surface area contributed by atoms with E-state index in [9.17, 15) is 14.3 Å². The first-order chi connectivity index (χ1) is 19.5. The molecule has 0 aliphatic carbocycles. The minimum absolute atomic E-state index is 0.279. The molecule has 9 heteroatoms. The van der Waals surface area contributed by atoms with E-state index >= 15 is 0 Å². The topological polar surface area (TPSA) is 90.8 Å². The first-order valence-corrected chi connectivity index (χ1v) is 13.9. The van der Waals surface area contributed by atoms with Crippen LogP contribution in [0.1, 0.15) is 42.5 Å². The van der Waals surface area contributed by atoms with Crippen molar-refractivity contribution in [3.63, 3.8) is 0 Å². The molecule has 0 bridgehead atoms. The summed E-state index contributed by atoms with van der Waals surface area (Å²) < 4.78 is 20.7. The number of nitrogens with one attached hydrogen (secondary N) is 1. The van der Waals surface area contributed by atoms with E-state index in [0.29, 0.717) is 29.8 Å². The van der Waals surface area contributed by atoms with E-state index < -0.39 is 11.9 Å². The van der Waals surface area contributed by atoms with Crippen molar-refractivity contribution in [1.82, 2.24) is 9.97 Å². The number of rotatable bonds is 6. The first-order valence-electron chi connectivity index (χ1n) is 13.9. The molecule has 0 radical (unpaired) electrons. The largest absolute Gasteiger partial charge is 0.438 e. The van der Waals surface area contributed by atoms with Crippen LogP contribution in [0.25, 0.3) is 10.8 Å². The van der Waals surface area contributed by atoms with Crippen molar-refractivity contribution in [2.75, 3.05) is 41.3 Å². The van der Waals surface area contributed by atoms with Crippen molar-refractivity contribution < 1.29 is 19.0 Å². The van der Waals surface area contributed by atoms with Crippen molar-refractivity contribution in [2.45, 2.75) is 38.2 Å². The van der Waals surface area contributed by atoms with Crippen LogP contribution in [-0.4, -0.2) is 53.3 Å². The minimum Gasteiger partial charge on any atom is -0.438 e. The molecule has 3 heterocycles. The van der Waals surface area contributed by atoms with E-state index in [1.807, 2.05) is 29.2 Å². The molecular weight excluding hydrogens is 509 g/mol. The third-order valence-corrected chi connectivity index (χ3v) is 7.51. The molecular formula is C31H32FN5O3. The fraction of sp³-hybridized carbons (Fsp3) is 0.323. The van der Waals surface area contributed by atoms with E-state index in [2.05, 4.69) is 20.2 Å². The first kappa shape index (κ1) is 26.0. The van der Waals surface area contributed by atoms with Gasteiger partial charge < -0.3 is 25.0 Å².